The topological polar surface area (TPSA) is 26.8 Å². The summed E-state index contributed by atoms with van der Waals surface area (Å²) in [5, 5.41) is 0. The van der Waals surface area contributed by atoms with Crippen molar-refractivity contribution in [1.29, 1.82) is 0 Å². The molecule has 4 heteroatoms. The van der Waals surface area contributed by atoms with Crippen molar-refractivity contribution in [2.45, 2.75) is 40.2 Å². The smallest absolute Gasteiger partial charge is 0.320 e. The lowest BCUT2D eigenvalue weighted by atomic mass is 10.2. The number of rotatable bonds is 5. The summed E-state index contributed by atoms with van der Waals surface area (Å²) in [6.07, 6.45) is 1.12. The average Bonchev–Trinajstić information content (AvgIpc) is 2.81. The second-order valence-corrected chi connectivity index (χ2v) is 4.56. The molecule has 0 radical (unpaired) electrons. The third-order valence-corrected chi connectivity index (χ3v) is 3.80. The predicted octanol–water partition coefficient (Wildman–Crippen LogP) is 1.86. The van der Waals surface area contributed by atoms with Crippen molar-refractivity contribution >= 4 is 6.03 Å². The lowest BCUT2D eigenvalue weighted by Crippen LogP contribution is -2.44. The van der Waals surface area contributed by atoms with Gasteiger partial charge in [0.1, 0.15) is 0 Å². The minimum Gasteiger partial charge on any atom is -0.325 e. The van der Waals surface area contributed by atoms with Crippen LogP contribution in [0.5, 0.6) is 0 Å². The van der Waals surface area contributed by atoms with Crippen molar-refractivity contribution in [1.82, 2.24) is 14.7 Å². The molecule has 0 aromatic carbocycles. The first-order valence-corrected chi connectivity index (χ1v) is 6.95. The van der Waals surface area contributed by atoms with Crippen LogP contribution < -0.4 is 0 Å². The van der Waals surface area contributed by atoms with Crippen LogP contribution in [0.25, 0.3) is 0 Å². The maximum absolute atomic E-state index is 12.2. The van der Waals surface area contributed by atoms with Gasteiger partial charge in [0.05, 0.1) is 0 Å². The number of likely N-dealkylation sites (N-methyl/N-ethyl adjacent to an activating group) is 1. The van der Waals surface area contributed by atoms with E-state index in [1.54, 1.807) is 0 Å². The molecule has 4 nitrogen and oxygen atoms in total. The van der Waals surface area contributed by atoms with E-state index in [4.69, 9.17) is 0 Å². The van der Waals surface area contributed by atoms with E-state index in [0.29, 0.717) is 6.04 Å². The Bertz CT molecular complexity index is 237. The van der Waals surface area contributed by atoms with Gasteiger partial charge in [0.15, 0.2) is 0 Å². The molecule has 2 amide bonds. The standard InChI is InChI=1S/C13H27N3O/c1-5-14(6-2)12-9-10-16(11-12)13(17)15(7-3)8-4/h12H,5-11H2,1-4H3. The van der Waals surface area contributed by atoms with Crippen LogP contribution in [0.15, 0.2) is 0 Å². The van der Waals surface area contributed by atoms with Crippen LogP contribution in [0.4, 0.5) is 4.79 Å². The molecule has 1 atom stereocenters. The van der Waals surface area contributed by atoms with Gasteiger partial charge in [0.25, 0.3) is 0 Å². The lowest BCUT2D eigenvalue weighted by molar-refractivity contribution is 0.159. The summed E-state index contributed by atoms with van der Waals surface area (Å²) < 4.78 is 0. The monoisotopic (exact) mass is 241 g/mol. The molecule has 0 bridgehead atoms. The highest BCUT2D eigenvalue weighted by Crippen LogP contribution is 2.16. The van der Waals surface area contributed by atoms with Gasteiger partial charge in [-0.05, 0) is 33.4 Å². The molecular weight excluding hydrogens is 214 g/mol. The molecule has 17 heavy (non-hydrogen) atoms. The zero-order chi connectivity index (χ0) is 12.8. The maximum atomic E-state index is 12.2. The summed E-state index contributed by atoms with van der Waals surface area (Å²) in [6, 6.07) is 0.772. The van der Waals surface area contributed by atoms with E-state index in [1.165, 1.54) is 0 Å². The normalized spacial score (nSPS) is 20.1. The predicted molar refractivity (Wildman–Crippen MR) is 71.2 cm³/mol. The van der Waals surface area contributed by atoms with Crippen molar-refractivity contribution in [3.8, 4) is 0 Å². The summed E-state index contributed by atoms with van der Waals surface area (Å²) in [7, 11) is 0. The van der Waals surface area contributed by atoms with Crippen LogP contribution >= 0.6 is 0 Å². The molecule has 0 saturated carbocycles. The molecule has 1 unspecified atom stereocenters. The van der Waals surface area contributed by atoms with Crippen molar-refractivity contribution < 1.29 is 4.79 Å². The largest absolute Gasteiger partial charge is 0.325 e. The highest BCUT2D eigenvalue weighted by Gasteiger charge is 2.30. The number of hydrogen-bond donors (Lipinski definition) is 0. The second kappa shape index (κ2) is 6.84. The molecule has 0 aromatic rings. The van der Waals surface area contributed by atoms with Crippen LogP contribution in [0.3, 0.4) is 0 Å². The van der Waals surface area contributed by atoms with Crippen LogP contribution in [0, 0.1) is 0 Å². The van der Waals surface area contributed by atoms with Gasteiger partial charge in [-0.1, -0.05) is 13.8 Å². The summed E-state index contributed by atoms with van der Waals surface area (Å²) >= 11 is 0. The number of carbonyl (C=O) groups is 1. The molecule has 100 valence electrons. The molecule has 1 saturated heterocycles. The van der Waals surface area contributed by atoms with Crippen molar-refractivity contribution in [3.05, 3.63) is 0 Å². The molecule has 0 N–H and O–H groups in total. The average molecular weight is 241 g/mol. The SMILES string of the molecule is CCN(CC)C(=O)N1CCC(N(CC)CC)C1. The first-order valence-electron chi connectivity index (χ1n) is 6.95. The van der Waals surface area contributed by atoms with E-state index >= 15 is 0 Å². The quantitative estimate of drug-likeness (QED) is 0.734. The Balaban J connectivity index is 2.52. The molecule has 1 aliphatic heterocycles. The molecule has 1 rings (SSSR count). The Morgan fingerprint density at radius 3 is 2.18 bits per heavy atom. The van der Waals surface area contributed by atoms with Crippen molar-refractivity contribution in [3.63, 3.8) is 0 Å². The van der Waals surface area contributed by atoms with Gasteiger partial charge >= 0.3 is 6.03 Å². The van der Waals surface area contributed by atoms with E-state index in [2.05, 4.69) is 18.7 Å². The van der Waals surface area contributed by atoms with Gasteiger partial charge in [0, 0.05) is 32.2 Å². The van der Waals surface area contributed by atoms with E-state index in [9.17, 15) is 4.79 Å². The van der Waals surface area contributed by atoms with Crippen LogP contribution in [-0.4, -0.2) is 66.0 Å². The first-order chi connectivity index (χ1) is 8.17. The maximum Gasteiger partial charge on any atom is 0.320 e. The summed E-state index contributed by atoms with van der Waals surface area (Å²) in [4.78, 5) is 18.6. The first kappa shape index (κ1) is 14.3. The van der Waals surface area contributed by atoms with E-state index in [1.807, 2.05) is 23.6 Å². The van der Waals surface area contributed by atoms with Crippen LogP contribution in [0.2, 0.25) is 0 Å². The Morgan fingerprint density at radius 1 is 1.12 bits per heavy atom. The Kier molecular flexibility index (Phi) is 5.75. The third-order valence-electron chi connectivity index (χ3n) is 3.80. The van der Waals surface area contributed by atoms with Crippen LogP contribution in [-0.2, 0) is 0 Å². The van der Waals surface area contributed by atoms with Gasteiger partial charge in [0.2, 0.25) is 0 Å². The summed E-state index contributed by atoms with van der Waals surface area (Å²) in [5.74, 6) is 0. The Labute approximate surface area is 106 Å². The minimum absolute atomic E-state index is 0.213. The summed E-state index contributed by atoms with van der Waals surface area (Å²) in [6.45, 7) is 14.1. The second-order valence-electron chi connectivity index (χ2n) is 4.56. The minimum atomic E-state index is 0.213. The summed E-state index contributed by atoms with van der Waals surface area (Å²) in [5.41, 5.74) is 0. The molecule has 1 fully saturated rings. The molecule has 0 spiro atoms. The number of hydrogen-bond acceptors (Lipinski definition) is 2. The third kappa shape index (κ3) is 3.35. The molecule has 1 aliphatic rings. The zero-order valence-corrected chi connectivity index (χ0v) is 11.8. The highest BCUT2D eigenvalue weighted by molar-refractivity contribution is 5.74. The molecule has 0 aromatic heterocycles. The number of nitrogens with zero attached hydrogens (tertiary/aromatic N) is 3. The number of urea groups is 1. The van der Waals surface area contributed by atoms with Gasteiger partial charge in [-0.3, -0.25) is 4.90 Å². The lowest BCUT2D eigenvalue weighted by Gasteiger charge is -2.28. The number of likely N-dealkylation sites (tertiary alicyclic amines) is 1. The Morgan fingerprint density at radius 2 is 1.71 bits per heavy atom. The number of amides is 2. The van der Waals surface area contributed by atoms with E-state index in [0.717, 1.165) is 45.7 Å². The van der Waals surface area contributed by atoms with Crippen molar-refractivity contribution in [2.75, 3.05) is 39.3 Å². The Hall–Kier alpha value is -0.770. The number of carbonyl (C=O) groups excluding carboxylic acids is 1. The van der Waals surface area contributed by atoms with Gasteiger partial charge in [-0.2, -0.15) is 0 Å². The van der Waals surface area contributed by atoms with Crippen molar-refractivity contribution in [2.24, 2.45) is 0 Å². The molecular formula is C13H27N3O. The van der Waals surface area contributed by atoms with Gasteiger partial charge < -0.3 is 9.80 Å². The molecule has 1 heterocycles. The molecule has 0 aliphatic carbocycles. The van der Waals surface area contributed by atoms with Crippen LogP contribution in [0.1, 0.15) is 34.1 Å². The fourth-order valence-electron chi connectivity index (χ4n) is 2.65. The van der Waals surface area contributed by atoms with Gasteiger partial charge in [-0.15, -0.1) is 0 Å². The van der Waals surface area contributed by atoms with E-state index in [-0.39, 0.29) is 6.03 Å². The van der Waals surface area contributed by atoms with E-state index < -0.39 is 0 Å². The van der Waals surface area contributed by atoms with Gasteiger partial charge in [-0.25, -0.2) is 4.79 Å². The zero-order valence-electron chi connectivity index (χ0n) is 11.8. The fourth-order valence-corrected chi connectivity index (χ4v) is 2.65. The fraction of sp³-hybridized carbons (Fsp3) is 0.923. The highest BCUT2D eigenvalue weighted by atomic mass is 16.2.